The molecule has 4 N–H and O–H groups in total. The minimum absolute atomic E-state index is 0.0428. The lowest BCUT2D eigenvalue weighted by Crippen LogP contribution is -2.20. The Labute approximate surface area is 108 Å². The van der Waals surface area contributed by atoms with Gasteiger partial charge in [0, 0.05) is 12.1 Å². The predicted molar refractivity (Wildman–Crippen MR) is 74.7 cm³/mol. The predicted octanol–water partition coefficient (Wildman–Crippen LogP) is 2.97. The van der Waals surface area contributed by atoms with E-state index in [0.29, 0.717) is 23.4 Å². The zero-order chi connectivity index (χ0) is 14.1. The maximum Gasteiger partial charge on any atom is 0.224 e. The molecule has 100 valence electrons. The first-order chi connectivity index (χ1) is 8.11. The lowest BCUT2D eigenvalue weighted by molar-refractivity contribution is -0.117. The fourth-order valence-electron chi connectivity index (χ4n) is 1.84. The van der Waals surface area contributed by atoms with Gasteiger partial charge in [-0.05, 0) is 36.5 Å². The number of hydrogen-bond acceptors (Lipinski definition) is 3. The molecule has 1 amide bonds. The zero-order valence-corrected chi connectivity index (χ0v) is 11.7. The van der Waals surface area contributed by atoms with Crippen molar-refractivity contribution in [3.05, 3.63) is 17.2 Å². The summed E-state index contributed by atoms with van der Waals surface area (Å²) in [6, 6.07) is 1.56. The molecule has 0 aliphatic rings. The summed E-state index contributed by atoms with van der Waals surface area (Å²) in [5.41, 5.74) is 8.21. The second kappa shape index (κ2) is 4.88. The van der Waals surface area contributed by atoms with Crippen molar-refractivity contribution in [3.8, 4) is 5.75 Å². The van der Waals surface area contributed by atoms with E-state index in [1.807, 2.05) is 27.7 Å². The SMILES string of the molecule is Cc1cc(O)c(N)c(C)c1NC(=O)CC(C)(C)C. The number of carbonyl (C=O) groups excluding carboxylic acids is 1. The van der Waals surface area contributed by atoms with Gasteiger partial charge in [0.25, 0.3) is 0 Å². The van der Waals surface area contributed by atoms with Crippen LogP contribution in [0.1, 0.15) is 38.3 Å². The highest BCUT2D eigenvalue weighted by atomic mass is 16.3. The molecule has 0 saturated heterocycles. The van der Waals surface area contributed by atoms with Crippen LogP contribution in [0, 0.1) is 19.3 Å². The molecule has 1 aromatic carbocycles. The number of phenolic OH excluding ortho intramolecular Hbond substituents is 1. The van der Waals surface area contributed by atoms with Gasteiger partial charge in [0.2, 0.25) is 5.91 Å². The molecule has 0 aliphatic carbocycles. The van der Waals surface area contributed by atoms with E-state index in [0.717, 1.165) is 5.56 Å². The summed E-state index contributed by atoms with van der Waals surface area (Å²) in [5, 5.41) is 12.5. The van der Waals surface area contributed by atoms with Crippen molar-refractivity contribution in [1.82, 2.24) is 0 Å². The average Bonchev–Trinajstić information content (AvgIpc) is 2.19. The Bertz CT molecular complexity index is 474. The second-order valence-electron chi connectivity index (χ2n) is 5.91. The van der Waals surface area contributed by atoms with E-state index in [2.05, 4.69) is 5.32 Å². The quantitative estimate of drug-likeness (QED) is 0.429. The molecule has 4 nitrogen and oxygen atoms in total. The molecule has 0 radical (unpaired) electrons. The molecule has 18 heavy (non-hydrogen) atoms. The number of nitrogens with one attached hydrogen (secondary N) is 1. The molecule has 0 aromatic heterocycles. The zero-order valence-electron chi connectivity index (χ0n) is 11.7. The van der Waals surface area contributed by atoms with Crippen molar-refractivity contribution in [1.29, 1.82) is 0 Å². The first-order valence-corrected chi connectivity index (χ1v) is 6.00. The number of benzene rings is 1. The monoisotopic (exact) mass is 250 g/mol. The third kappa shape index (κ3) is 3.39. The van der Waals surface area contributed by atoms with Gasteiger partial charge in [0.1, 0.15) is 5.75 Å². The van der Waals surface area contributed by atoms with Gasteiger partial charge in [-0.3, -0.25) is 4.79 Å². The van der Waals surface area contributed by atoms with Gasteiger partial charge in [-0.2, -0.15) is 0 Å². The Kier molecular flexibility index (Phi) is 3.89. The highest BCUT2D eigenvalue weighted by Crippen LogP contribution is 2.33. The van der Waals surface area contributed by atoms with Crippen LogP contribution in [0.3, 0.4) is 0 Å². The van der Waals surface area contributed by atoms with E-state index in [9.17, 15) is 9.90 Å². The molecule has 0 unspecified atom stereocenters. The number of phenols is 1. The molecular weight excluding hydrogens is 228 g/mol. The summed E-state index contributed by atoms with van der Waals surface area (Å²) in [6.45, 7) is 9.65. The van der Waals surface area contributed by atoms with E-state index in [-0.39, 0.29) is 17.1 Å². The Balaban J connectivity index is 2.99. The fraction of sp³-hybridized carbons (Fsp3) is 0.500. The Morgan fingerprint density at radius 1 is 1.39 bits per heavy atom. The number of amides is 1. The van der Waals surface area contributed by atoms with Crippen LogP contribution in [0.4, 0.5) is 11.4 Å². The van der Waals surface area contributed by atoms with Crippen molar-refractivity contribution in [2.75, 3.05) is 11.1 Å². The van der Waals surface area contributed by atoms with E-state index in [4.69, 9.17) is 5.73 Å². The summed E-state index contributed by atoms with van der Waals surface area (Å²) in [6.07, 6.45) is 0.437. The molecule has 0 fully saturated rings. The summed E-state index contributed by atoms with van der Waals surface area (Å²) in [7, 11) is 0. The van der Waals surface area contributed by atoms with Gasteiger partial charge in [-0.1, -0.05) is 20.8 Å². The molecule has 1 aromatic rings. The number of nitrogens with two attached hydrogens (primary N) is 1. The molecule has 4 heteroatoms. The summed E-state index contributed by atoms with van der Waals surface area (Å²) in [4.78, 5) is 11.9. The minimum atomic E-state index is -0.0612. The van der Waals surface area contributed by atoms with Crippen molar-refractivity contribution >= 4 is 17.3 Å². The lowest BCUT2D eigenvalue weighted by Gasteiger charge is -2.19. The Morgan fingerprint density at radius 2 is 1.94 bits per heavy atom. The van der Waals surface area contributed by atoms with Crippen LogP contribution in [0.15, 0.2) is 6.07 Å². The van der Waals surface area contributed by atoms with Crippen LogP contribution < -0.4 is 11.1 Å². The van der Waals surface area contributed by atoms with Crippen molar-refractivity contribution in [3.63, 3.8) is 0 Å². The minimum Gasteiger partial charge on any atom is -0.506 e. The number of nitrogen functional groups attached to an aromatic ring is 1. The number of aryl methyl sites for hydroxylation is 1. The van der Waals surface area contributed by atoms with Crippen molar-refractivity contribution < 1.29 is 9.90 Å². The van der Waals surface area contributed by atoms with Crippen LogP contribution in [0.5, 0.6) is 5.75 Å². The summed E-state index contributed by atoms with van der Waals surface area (Å²) >= 11 is 0. The van der Waals surface area contributed by atoms with Crippen LogP contribution in [-0.4, -0.2) is 11.0 Å². The third-order valence-electron chi connectivity index (χ3n) is 2.76. The van der Waals surface area contributed by atoms with Gasteiger partial charge in [-0.25, -0.2) is 0 Å². The number of anilines is 2. The van der Waals surface area contributed by atoms with Gasteiger partial charge in [-0.15, -0.1) is 0 Å². The van der Waals surface area contributed by atoms with Gasteiger partial charge in [0.05, 0.1) is 5.69 Å². The van der Waals surface area contributed by atoms with Gasteiger partial charge < -0.3 is 16.2 Å². The normalized spacial score (nSPS) is 11.4. The fourth-order valence-corrected chi connectivity index (χ4v) is 1.84. The largest absolute Gasteiger partial charge is 0.506 e. The highest BCUT2D eigenvalue weighted by molar-refractivity contribution is 5.94. The molecule has 0 spiro atoms. The molecule has 0 saturated carbocycles. The number of carbonyl (C=O) groups is 1. The standard InChI is InChI=1S/C14H22N2O2/c1-8-6-10(17)12(15)9(2)13(8)16-11(18)7-14(3,4)5/h6,17H,7,15H2,1-5H3,(H,16,18). The molecule has 0 bridgehead atoms. The number of aromatic hydroxyl groups is 1. The average molecular weight is 250 g/mol. The van der Waals surface area contributed by atoms with E-state index in [1.54, 1.807) is 13.0 Å². The highest BCUT2D eigenvalue weighted by Gasteiger charge is 2.18. The third-order valence-corrected chi connectivity index (χ3v) is 2.76. The summed E-state index contributed by atoms with van der Waals surface area (Å²) < 4.78 is 0. The van der Waals surface area contributed by atoms with Gasteiger partial charge in [0.15, 0.2) is 0 Å². The molecule has 1 rings (SSSR count). The topological polar surface area (TPSA) is 75.3 Å². The summed E-state index contributed by atoms with van der Waals surface area (Å²) in [5.74, 6) is 0.0117. The van der Waals surface area contributed by atoms with E-state index < -0.39 is 0 Å². The molecule has 0 heterocycles. The lowest BCUT2D eigenvalue weighted by atomic mass is 9.92. The second-order valence-corrected chi connectivity index (χ2v) is 5.91. The van der Waals surface area contributed by atoms with Crippen molar-refractivity contribution in [2.45, 2.75) is 41.0 Å². The van der Waals surface area contributed by atoms with Crippen molar-refractivity contribution in [2.24, 2.45) is 5.41 Å². The van der Waals surface area contributed by atoms with Crippen LogP contribution in [-0.2, 0) is 4.79 Å². The molecular formula is C14H22N2O2. The smallest absolute Gasteiger partial charge is 0.224 e. The Morgan fingerprint density at radius 3 is 2.44 bits per heavy atom. The first-order valence-electron chi connectivity index (χ1n) is 6.00. The molecule has 0 aliphatic heterocycles. The number of hydrogen-bond donors (Lipinski definition) is 3. The van der Waals surface area contributed by atoms with E-state index in [1.165, 1.54) is 0 Å². The maximum absolute atomic E-state index is 11.9. The van der Waals surface area contributed by atoms with E-state index >= 15 is 0 Å². The number of rotatable bonds is 2. The maximum atomic E-state index is 11.9. The van der Waals surface area contributed by atoms with Crippen LogP contribution in [0.25, 0.3) is 0 Å². The van der Waals surface area contributed by atoms with Crippen LogP contribution >= 0.6 is 0 Å². The first kappa shape index (κ1) is 14.4. The van der Waals surface area contributed by atoms with Crippen LogP contribution in [0.2, 0.25) is 0 Å². The molecule has 0 atom stereocenters. The Hall–Kier alpha value is -1.71. The van der Waals surface area contributed by atoms with Gasteiger partial charge >= 0.3 is 0 Å².